The number of anilines is 1. The van der Waals surface area contributed by atoms with Crippen LogP contribution in [0.2, 0.25) is 5.02 Å². The molecule has 0 bridgehead atoms. The molecule has 0 saturated carbocycles. The molecule has 34 heavy (non-hydrogen) atoms. The molecule has 176 valence electrons. The number of carbonyl (C=O) groups is 1. The minimum atomic E-state index is -0.320. The molecule has 10 heteroatoms. The van der Waals surface area contributed by atoms with E-state index in [2.05, 4.69) is 20.5 Å². The minimum Gasteiger partial charge on any atom is -0.496 e. The lowest BCUT2D eigenvalue weighted by atomic mass is 9.96. The first-order valence-corrected chi connectivity index (χ1v) is 11.6. The van der Waals surface area contributed by atoms with E-state index in [9.17, 15) is 4.79 Å². The molecule has 4 heterocycles. The number of nitrogens with one attached hydrogen (secondary N) is 1. The lowest BCUT2D eigenvalue weighted by molar-refractivity contribution is 0.0623. The molecule has 4 aromatic rings. The Hall–Kier alpha value is -3.43. The first kappa shape index (κ1) is 22.4. The molecule has 1 aliphatic heterocycles. The molecule has 0 spiro atoms. The van der Waals surface area contributed by atoms with Crippen LogP contribution in [0, 0.1) is 5.92 Å². The molecular weight excluding hydrogens is 456 g/mol. The molecule has 1 aliphatic rings. The topological polar surface area (TPSA) is 95.6 Å². The van der Waals surface area contributed by atoms with Gasteiger partial charge in [-0.1, -0.05) is 11.6 Å². The predicted octanol–water partition coefficient (Wildman–Crippen LogP) is 4.32. The third-order valence-corrected chi connectivity index (χ3v) is 6.35. The lowest BCUT2D eigenvalue weighted by Crippen LogP contribution is -2.18. The molecule has 1 N–H and O–H groups in total. The molecule has 1 saturated heterocycles. The fourth-order valence-electron chi connectivity index (χ4n) is 4.31. The van der Waals surface area contributed by atoms with Crippen molar-refractivity contribution in [2.45, 2.75) is 25.8 Å². The normalized spacial score (nSPS) is 14.4. The van der Waals surface area contributed by atoms with Gasteiger partial charge in [0.05, 0.1) is 30.9 Å². The van der Waals surface area contributed by atoms with E-state index < -0.39 is 0 Å². The lowest BCUT2D eigenvalue weighted by Gasteiger charge is -2.22. The van der Waals surface area contributed by atoms with Crippen molar-refractivity contribution in [1.82, 2.24) is 24.4 Å². The summed E-state index contributed by atoms with van der Waals surface area (Å²) in [7, 11) is 1.61. The molecule has 0 radical (unpaired) electrons. The van der Waals surface area contributed by atoms with Crippen LogP contribution in [-0.2, 0) is 11.3 Å². The van der Waals surface area contributed by atoms with Crippen molar-refractivity contribution in [3.8, 4) is 17.0 Å². The van der Waals surface area contributed by atoms with E-state index in [1.165, 1.54) is 6.20 Å². The number of hydrogen-bond acceptors (Lipinski definition) is 6. The number of rotatable bonds is 7. The predicted molar refractivity (Wildman–Crippen MR) is 128 cm³/mol. The van der Waals surface area contributed by atoms with Crippen molar-refractivity contribution in [3.63, 3.8) is 0 Å². The Bertz CT molecular complexity index is 1310. The Balaban J connectivity index is 1.49. The van der Waals surface area contributed by atoms with Crippen LogP contribution in [0.1, 0.15) is 29.6 Å². The van der Waals surface area contributed by atoms with E-state index in [4.69, 9.17) is 21.1 Å². The Labute approximate surface area is 201 Å². The summed E-state index contributed by atoms with van der Waals surface area (Å²) in [5.41, 5.74) is 2.91. The van der Waals surface area contributed by atoms with Gasteiger partial charge in [0.25, 0.3) is 5.91 Å². The highest BCUT2D eigenvalue weighted by Crippen LogP contribution is 2.37. The van der Waals surface area contributed by atoms with Gasteiger partial charge in [-0.25, -0.2) is 9.50 Å². The van der Waals surface area contributed by atoms with Crippen LogP contribution in [0.25, 0.3) is 16.9 Å². The Kier molecular flexibility index (Phi) is 6.46. The highest BCUT2D eigenvalue weighted by molar-refractivity contribution is 6.31. The highest BCUT2D eigenvalue weighted by Gasteiger charge is 2.22. The van der Waals surface area contributed by atoms with Crippen molar-refractivity contribution < 1.29 is 14.3 Å². The van der Waals surface area contributed by atoms with E-state index in [1.807, 2.05) is 16.8 Å². The summed E-state index contributed by atoms with van der Waals surface area (Å²) in [4.78, 5) is 17.5. The second kappa shape index (κ2) is 9.82. The van der Waals surface area contributed by atoms with Gasteiger partial charge in [-0.3, -0.25) is 9.48 Å². The standard InChI is InChI=1S/C24H25ClN6O3/c1-33-21-4-3-17(25)13-18(21)22-20(15-28-30(22)10-5-16-6-11-34-12-7-16)29-24(32)19-14-27-31-9-2-8-26-23(19)31/h2-4,8-9,13-16H,5-7,10-12H2,1H3,(H,29,32). The minimum absolute atomic E-state index is 0.320. The number of benzene rings is 1. The number of ether oxygens (including phenoxy) is 2. The number of methoxy groups -OCH3 is 1. The zero-order chi connectivity index (χ0) is 23.5. The molecule has 0 unspecified atom stereocenters. The monoisotopic (exact) mass is 480 g/mol. The quantitative estimate of drug-likeness (QED) is 0.423. The molecule has 3 aromatic heterocycles. The third-order valence-electron chi connectivity index (χ3n) is 6.12. The van der Waals surface area contributed by atoms with E-state index in [0.29, 0.717) is 40.1 Å². The van der Waals surface area contributed by atoms with Crippen molar-refractivity contribution >= 4 is 28.8 Å². The molecule has 0 atom stereocenters. The van der Waals surface area contributed by atoms with Gasteiger partial charge in [-0.15, -0.1) is 0 Å². The summed E-state index contributed by atoms with van der Waals surface area (Å²) in [5, 5.41) is 12.4. The average molecular weight is 481 g/mol. The number of halogens is 1. The van der Waals surface area contributed by atoms with Gasteiger partial charge in [0.2, 0.25) is 0 Å². The summed E-state index contributed by atoms with van der Waals surface area (Å²) in [6, 6.07) is 7.17. The van der Waals surface area contributed by atoms with E-state index in [-0.39, 0.29) is 5.91 Å². The summed E-state index contributed by atoms with van der Waals surface area (Å²) in [6.07, 6.45) is 9.60. The van der Waals surface area contributed by atoms with E-state index >= 15 is 0 Å². The first-order valence-electron chi connectivity index (χ1n) is 11.2. The largest absolute Gasteiger partial charge is 0.496 e. The van der Waals surface area contributed by atoms with E-state index in [0.717, 1.165) is 43.7 Å². The van der Waals surface area contributed by atoms with Gasteiger partial charge >= 0.3 is 0 Å². The first-order chi connectivity index (χ1) is 16.6. The number of nitrogens with zero attached hydrogens (tertiary/aromatic N) is 5. The maximum absolute atomic E-state index is 13.2. The second-order valence-electron chi connectivity index (χ2n) is 8.22. The number of aromatic nitrogens is 5. The van der Waals surface area contributed by atoms with Crippen LogP contribution in [0.4, 0.5) is 5.69 Å². The molecule has 1 amide bonds. The van der Waals surface area contributed by atoms with Crippen molar-refractivity contribution in [3.05, 3.63) is 59.6 Å². The zero-order valence-electron chi connectivity index (χ0n) is 18.8. The number of carbonyl (C=O) groups excluding carboxylic acids is 1. The van der Waals surface area contributed by atoms with Crippen molar-refractivity contribution in [2.24, 2.45) is 5.92 Å². The molecule has 0 aliphatic carbocycles. The fourth-order valence-corrected chi connectivity index (χ4v) is 4.48. The number of aryl methyl sites for hydroxylation is 1. The Morgan fingerprint density at radius 3 is 2.94 bits per heavy atom. The van der Waals surface area contributed by atoms with Crippen LogP contribution in [0.5, 0.6) is 5.75 Å². The number of fused-ring (bicyclic) bond motifs is 1. The van der Waals surface area contributed by atoms with Crippen LogP contribution < -0.4 is 10.1 Å². The van der Waals surface area contributed by atoms with E-state index in [1.54, 1.807) is 42.3 Å². The zero-order valence-corrected chi connectivity index (χ0v) is 19.5. The van der Waals surface area contributed by atoms with Crippen LogP contribution >= 0.6 is 11.6 Å². The van der Waals surface area contributed by atoms with Gasteiger partial charge in [-0.05, 0) is 49.4 Å². The summed E-state index contributed by atoms with van der Waals surface area (Å²) in [5.74, 6) is 0.903. The summed E-state index contributed by atoms with van der Waals surface area (Å²) < 4.78 is 14.6. The second-order valence-corrected chi connectivity index (χ2v) is 8.66. The van der Waals surface area contributed by atoms with Crippen LogP contribution in [-0.4, -0.2) is 50.6 Å². The SMILES string of the molecule is COc1ccc(Cl)cc1-c1c(NC(=O)c2cnn3cccnc23)cnn1CCC1CCOCC1. The van der Waals surface area contributed by atoms with Crippen LogP contribution in [0.3, 0.4) is 0 Å². The molecular formula is C24H25ClN6O3. The molecule has 1 fully saturated rings. The van der Waals surface area contributed by atoms with Gasteiger partial charge in [-0.2, -0.15) is 10.2 Å². The van der Waals surface area contributed by atoms with Crippen LogP contribution in [0.15, 0.2) is 49.1 Å². The molecule has 9 nitrogen and oxygen atoms in total. The van der Waals surface area contributed by atoms with Crippen molar-refractivity contribution in [2.75, 3.05) is 25.6 Å². The summed E-state index contributed by atoms with van der Waals surface area (Å²) in [6.45, 7) is 2.30. The Morgan fingerprint density at radius 1 is 1.26 bits per heavy atom. The summed E-state index contributed by atoms with van der Waals surface area (Å²) >= 11 is 6.34. The van der Waals surface area contributed by atoms with Gasteiger partial charge in [0, 0.05) is 42.7 Å². The maximum Gasteiger partial charge on any atom is 0.261 e. The van der Waals surface area contributed by atoms with Gasteiger partial charge in [0.15, 0.2) is 5.65 Å². The average Bonchev–Trinajstić information content (AvgIpc) is 3.47. The smallest absolute Gasteiger partial charge is 0.261 e. The number of amides is 1. The van der Waals surface area contributed by atoms with Gasteiger partial charge in [0.1, 0.15) is 11.3 Å². The molecule has 5 rings (SSSR count). The third kappa shape index (κ3) is 4.49. The number of hydrogen-bond donors (Lipinski definition) is 1. The Morgan fingerprint density at radius 2 is 2.12 bits per heavy atom. The fraction of sp³-hybridized carbons (Fsp3) is 0.333. The maximum atomic E-state index is 13.2. The van der Waals surface area contributed by atoms with Gasteiger partial charge < -0.3 is 14.8 Å². The molecule has 1 aromatic carbocycles. The highest BCUT2D eigenvalue weighted by atomic mass is 35.5. The van der Waals surface area contributed by atoms with Crippen molar-refractivity contribution in [1.29, 1.82) is 0 Å².